The summed E-state index contributed by atoms with van der Waals surface area (Å²) in [6.45, 7) is 4.57. The molecule has 2 fully saturated rings. The van der Waals surface area contributed by atoms with Crippen LogP contribution in [0.5, 0.6) is 5.75 Å². The minimum Gasteiger partial charge on any atom is -0.485 e. The number of aromatic nitrogens is 1. The Kier molecular flexibility index (Phi) is 2.29. The molecule has 2 spiro atoms. The van der Waals surface area contributed by atoms with Crippen molar-refractivity contribution in [2.75, 3.05) is 20.1 Å². The maximum absolute atomic E-state index is 6.26. The predicted molar refractivity (Wildman–Crippen MR) is 74.4 cm³/mol. The Morgan fingerprint density at radius 2 is 2.00 bits per heavy atom. The molecule has 0 unspecified atom stereocenters. The summed E-state index contributed by atoms with van der Waals surface area (Å²) in [5.74, 6) is 1.04. The van der Waals surface area contributed by atoms with Crippen LogP contribution in [0.4, 0.5) is 0 Å². The molecule has 3 heterocycles. The molecule has 0 N–H and O–H groups in total. The van der Waals surface area contributed by atoms with E-state index in [1.165, 1.54) is 44.3 Å². The zero-order valence-electron chi connectivity index (χ0n) is 11.9. The number of likely N-dealkylation sites (tertiary alicyclic amines) is 1. The van der Waals surface area contributed by atoms with Gasteiger partial charge in [0.2, 0.25) is 0 Å². The molecule has 1 aromatic heterocycles. The lowest BCUT2D eigenvalue weighted by Crippen LogP contribution is -2.58. The molecule has 3 nitrogen and oxygen atoms in total. The average molecular weight is 258 g/mol. The second-order valence-electron chi connectivity index (χ2n) is 7.05. The van der Waals surface area contributed by atoms with E-state index in [-0.39, 0.29) is 5.60 Å². The van der Waals surface area contributed by atoms with Crippen LogP contribution in [0.15, 0.2) is 12.3 Å². The van der Waals surface area contributed by atoms with Gasteiger partial charge >= 0.3 is 0 Å². The zero-order chi connectivity index (χ0) is 13.1. The molecule has 3 heteroatoms. The van der Waals surface area contributed by atoms with Crippen molar-refractivity contribution in [3.8, 4) is 5.75 Å². The summed E-state index contributed by atoms with van der Waals surface area (Å²) in [6, 6.07) is 2.20. The van der Waals surface area contributed by atoms with Crippen molar-refractivity contribution in [3.63, 3.8) is 0 Å². The van der Waals surface area contributed by atoms with Crippen molar-refractivity contribution in [1.82, 2.24) is 9.88 Å². The molecule has 3 aliphatic rings. The Hall–Kier alpha value is -1.09. The third-order valence-corrected chi connectivity index (χ3v) is 5.37. The van der Waals surface area contributed by atoms with Crippen molar-refractivity contribution in [2.24, 2.45) is 5.41 Å². The highest BCUT2D eigenvalue weighted by Gasteiger charge is 2.58. The number of hydrogen-bond donors (Lipinski definition) is 0. The monoisotopic (exact) mass is 258 g/mol. The fourth-order valence-electron chi connectivity index (χ4n) is 4.41. The lowest BCUT2D eigenvalue weighted by atomic mass is 9.54. The van der Waals surface area contributed by atoms with Crippen molar-refractivity contribution >= 4 is 0 Å². The molecule has 1 aliphatic carbocycles. The third-order valence-electron chi connectivity index (χ3n) is 5.37. The summed E-state index contributed by atoms with van der Waals surface area (Å²) in [5, 5.41) is 0. The summed E-state index contributed by atoms with van der Waals surface area (Å²) in [5.41, 5.74) is 3.17. The van der Waals surface area contributed by atoms with Crippen LogP contribution in [0.2, 0.25) is 0 Å². The molecule has 0 atom stereocenters. The lowest BCUT2D eigenvalue weighted by Gasteiger charge is -2.56. The first kappa shape index (κ1) is 11.7. The van der Waals surface area contributed by atoms with Crippen LogP contribution in [-0.4, -0.2) is 35.6 Å². The summed E-state index contributed by atoms with van der Waals surface area (Å²) < 4.78 is 6.26. The van der Waals surface area contributed by atoms with Gasteiger partial charge in [-0.1, -0.05) is 0 Å². The molecule has 4 rings (SSSR count). The maximum Gasteiger partial charge on any atom is 0.141 e. The van der Waals surface area contributed by atoms with Gasteiger partial charge in [0.05, 0.1) is 6.20 Å². The van der Waals surface area contributed by atoms with Gasteiger partial charge in [-0.3, -0.25) is 4.98 Å². The van der Waals surface area contributed by atoms with Crippen molar-refractivity contribution < 1.29 is 4.74 Å². The molecule has 102 valence electrons. The summed E-state index contributed by atoms with van der Waals surface area (Å²) in [6.07, 6.45) is 8.22. The molecule has 19 heavy (non-hydrogen) atoms. The van der Waals surface area contributed by atoms with Crippen LogP contribution in [0.25, 0.3) is 0 Å². The van der Waals surface area contributed by atoms with E-state index >= 15 is 0 Å². The largest absolute Gasteiger partial charge is 0.485 e. The van der Waals surface area contributed by atoms with E-state index in [0.717, 1.165) is 17.9 Å². The van der Waals surface area contributed by atoms with Gasteiger partial charge < -0.3 is 9.64 Å². The Morgan fingerprint density at radius 3 is 2.74 bits per heavy atom. The van der Waals surface area contributed by atoms with Crippen LogP contribution in [0, 0.1) is 12.3 Å². The first-order valence-electron chi connectivity index (χ1n) is 7.41. The number of hydrogen-bond acceptors (Lipinski definition) is 3. The quantitative estimate of drug-likeness (QED) is 0.715. The highest BCUT2D eigenvalue weighted by Crippen LogP contribution is 2.59. The standard InChI is InChI=1S/C16H22N2O/c1-12-7-13-8-16(19-14(13)9-17-12)10-15(11-16)3-5-18(2)6-4-15/h7,9H,3-6,8,10-11H2,1-2H3. The van der Waals surface area contributed by atoms with E-state index in [1.807, 2.05) is 6.20 Å². The smallest absolute Gasteiger partial charge is 0.141 e. The van der Waals surface area contributed by atoms with Gasteiger partial charge in [0, 0.05) is 17.7 Å². The van der Waals surface area contributed by atoms with E-state index in [0.29, 0.717) is 5.41 Å². The summed E-state index contributed by atoms with van der Waals surface area (Å²) >= 11 is 0. The SMILES string of the molecule is Cc1cc2c(cn1)OC1(C2)CC2(CCN(C)CC2)C1. The molecule has 1 aromatic rings. The van der Waals surface area contributed by atoms with Crippen LogP contribution < -0.4 is 4.74 Å². The molecule has 0 aromatic carbocycles. The number of ether oxygens (including phenoxy) is 1. The minimum absolute atomic E-state index is 0.119. The number of nitrogens with zero attached hydrogens (tertiary/aromatic N) is 2. The normalized spacial score (nSPS) is 27.1. The molecular weight excluding hydrogens is 236 g/mol. The van der Waals surface area contributed by atoms with Crippen molar-refractivity contribution in [1.29, 1.82) is 0 Å². The molecule has 2 aliphatic heterocycles. The van der Waals surface area contributed by atoms with Gasteiger partial charge in [-0.25, -0.2) is 0 Å². The van der Waals surface area contributed by atoms with Gasteiger partial charge in [-0.05, 0) is 64.2 Å². The molecule has 0 radical (unpaired) electrons. The van der Waals surface area contributed by atoms with Crippen LogP contribution in [0.3, 0.4) is 0 Å². The Labute approximate surface area is 115 Å². The second kappa shape index (κ2) is 3.72. The van der Waals surface area contributed by atoms with E-state index in [2.05, 4.69) is 29.9 Å². The number of piperidine rings is 1. The summed E-state index contributed by atoms with van der Waals surface area (Å²) in [7, 11) is 2.23. The zero-order valence-corrected chi connectivity index (χ0v) is 11.9. The fraction of sp³-hybridized carbons (Fsp3) is 0.688. The third kappa shape index (κ3) is 1.78. The van der Waals surface area contributed by atoms with E-state index in [1.54, 1.807) is 0 Å². The first-order chi connectivity index (χ1) is 9.08. The van der Waals surface area contributed by atoms with Crippen LogP contribution in [-0.2, 0) is 6.42 Å². The van der Waals surface area contributed by atoms with E-state index < -0.39 is 0 Å². The number of aryl methyl sites for hydroxylation is 1. The Morgan fingerprint density at radius 1 is 1.26 bits per heavy atom. The Balaban J connectivity index is 1.49. The van der Waals surface area contributed by atoms with Gasteiger partial charge in [0.1, 0.15) is 11.4 Å². The molecular formula is C16H22N2O. The van der Waals surface area contributed by atoms with Crippen LogP contribution in [0.1, 0.15) is 36.9 Å². The van der Waals surface area contributed by atoms with Gasteiger partial charge in [0.15, 0.2) is 0 Å². The molecule has 1 saturated carbocycles. The van der Waals surface area contributed by atoms with Crippen molar-refractivity contribution in [3.05, 3.63) is 23.5 Å². The number of rotatable bonds is 0. The van der Waals surface area contributed by atoms with E-state index in [4.69, 9.17) is 4.74 Å². The molecule has 1 saturated heterocycles. The first-order valence-corrected chi connectivity index (χ1v) is 7.41. The van der Waals surface area contributed by atoms with Crippen molar-refractivity contribution in [2.45, 2.75) is 44.6 Å². The fourth-order valence-corrected chi connectivity index (χ4v) is 4.41. The second-order valence-corrected chi connectivity index (χ2v) is 7.05. The average Bonchev–Trinajstić information content (AvgIpc) is 2.70. The van der Waals surface area contributed by atoms with Crippen LogP contribution >= 0.6 is 0 Å². The lowest BCUT2D eigenvalue weighted by molar-refractivity contribution is -0.119. The summed E-state index contributed by atoms with van der Waals surface area (Å²) in [4.78, 5) is 6.81. The predicted octanol–water partition coefficient (Wildman–Crippen LogP) is 2.57. The highest BCUT2D eigenvalue weighted by molar-refractivity contribution is 5.40. The molecule has 0 bridgehead atoms. The van der Waals surface area contributed by atoms with E-state index in [9.17, 15) is 0 Å². The van der Waals surface area contributed by atoms with Gasteiger partial charge in [0.25, 0.3) is 0 Å². The Bertz CT molecular complexity index is 509. The molecule has 0 amide bonds. The van der Waals surface area contributed by atoms with Gasteiger partial charge in [-0.2, -0.15) is 0 Å². The number of fused-ring (bicyclic) bond motifs is 1. The highest BCUT2D eigenvalue weighted by atomic mass is 16.5. The minimum atomic E-state index is 0.119. The number of pyridine rings is 1. The maximum atomic E-state index is 6.26. The van der Waals surface area contributed by atoms with Gasteiger partial charge in [-0.15, -0.1) is 0 Å². The topological polar surface area (TPSA) is 25.4 Å².